The van der Waals surface area contributed by atoms with Gasteiger partial charge in [-0.3, -0.25) is 9.59 Å². The minimum Gasteiger partial charge on any atom is -0.466 e. The molecule has 0 spiro atoms. The number of ketones is 1. The molecule has 0 fully saturated rings. The lowest BCUT2D eigenvalue weighted by atomic mass is 10.0. The lowest BCUT2D eigenvalue weighted by molar-refractivity contribution is -0.144. The van der Waals surface area contributed by atoms with E-state index in [-0.39, 0.29) is 36.8 Å². The fraction of sp³-hybridized carbons (Fsp3) is 0.429. The normalized spacial score (nSPS) is 10.2. The van der Waals surface area contributed by atoms with Crippen LogP contribution in [0.25, 0.3) is 0 Å². The Morgan fingerprint density at radius 3 is 2.56 bits per heavy atom. The molecule has 4 heteroatoms. The second-order valence-corrected chi connectivity index (χ2v) is 4.16. The van der Waals surface area contributed by atoms with Gasteiger partial charge in [0.15, 0.2) is 0 Å². The minimum atomic E-state index is -0.374. The van der Waals surface area contributed by atoms with Crippen molar-refractivity contribution in [2.75, 3.05) is 6.61 Å². The first-order valence-electron chi connectivity index (χ1n) is 5.94. The molecule has 0 amide bonds. The molecule has 0 aliphatic rings. The second kappa shape index (κ2) is 6.89. The number of halogens is 1. The van der Waals surface area contributed by atoms with Crippen LogP contribution in [-0.2, 0) is 20.7 Å². The van der Waals surface area contributed by atoms with Crippen LogP contribution in [0.2, 0.25) is 0 Å². The Kier molecular flexibility index (Phi) is 5.49. The standard InChI is InChI=1S/C14H17FO3/c1-3-18-14(17)5-4-13(16)9-11-6-10(2)7-12(15)8-11/h6-8H,3-5,9H2,1-2H3. The van der Waals surface area contributed by atoms with Crippen LogP contribution in [-0.4, -0.2) is 18.4 Å². The smallest absolute Gasteiger partial charge is 0.306 e. The third kappa shape index (κ3) is 5.08. The summed E-state index contributed by atoms with van der Waals surface area (Å²) in [5.41, 5.74) is 1.42. The van der Waals surface area contributed by atoms with Crippen molar-refractivity contribution in [3.63, 3.8) is 0 Å². The average molecular weight is 252 g/mol. The number of esters is 1. The van der Waals surface area contributed by atoms with E-state index in [2.05, 4.69) is 0 Å². The summed E-state index contributed by atoms with van der Waals surface area (Å²) in [6.07, 6.45) is 0.368. The number of rotatable bonds is 6. The quantitative estimate of drug-likeness (QED) is 0.731. The Labute approximate surface area is 106 Å². The van der Waals surface area contributed by atoms with Gasteiger partial charge in [0.2, 0.25) is 0 Å². The fourth-order valence-corrected chi connectivity index (χ4v) is 1.70. The maximum Gasteiger partial charge on any atom is 0.306 e. The summed E-state index contributed by atoms with van der Waals surface area (Å²) in [5.74, 6) is -0.808. The largest absolute Gasteiger partial charge is 0.466 e. The first-order chi connectivity index (χ1) is 8.51. The van der Waals surface area contributed by atoms with E-state index in [1.807, 2.05) is 0 Å². The van der Waals surface area contributed by atoms with E-state index >= 15 is 0 Å². The summed E-state index contributed by atoms with van der Waals surface area (Å²) in [5, 5.41) is 0. The molecule has 0 aliphatic carbocycles. The molecule has 0 aromatic heterocycles. The van der Waals surface area contributed by atoms with Gasteiger partial charge in [0.05, 0.1) is 13.0 Å². The van der Waals surface area contributed by atoms with Gasteiger partial charge in [-0.15, -0.1) is 0 Å². The van der Waals surface area contributed by atoms with Crippen molar-refractivity contribution < 1.29 is 18.7 Å². The number of carbonyl (C=O) groups is 2. The molecule has 0 atom stereocenters. The maximum absolute atomic E-state index is 13.1. The summed E-state index contributed by atoms with van der Waals surface area (Å²) in [6, 6.07) is 4.52. The van der Waals surface area contributed by atoms with Crippen LogP contribution in [0.4, 0.5) is 4.39 Å². The van der Waals surface area contributed by atoms with Crippen molar-refractivity contribution in [1.29, 1.82) is 0 Å². The molecular formula is C14H17FO3. The molecule has 3 nitrogen and oxygen atoms in total. The SMILES string of the molecule is CCOC(=O)CCC(=O)Cc1cc(C)cc(F)c1. The summed E-state index contributed by atoms with van der Waals surface area (Å²) in [4.78, 5) is 22.7. The molecule has 98 valence electrons. The number of hydrogen-bond acceptors (Lipinski definition) is 3. The molecule has 0 heterocycles. The summed E-state index contributed by atoms with van der Waals surface area (Å²) < 4.78 is 17.8. The topological polar surface area (TPSA) is 43.4 Å². The third-order valence-corrected chi connectivity index (χ3v) is 2.42. The molecule has 0 aliphatic heterocycles. The van der Waals surface area contributed by atoms with Crippen LogP contribution < -0.4 is 0 Å². The van der Waals surface area contributed by atoms with Crippen molar-refractivity contribution in [3.8, 4) is 0 Å². The van der Waals surface area contributed by atoms with Crippen molar-refractivity contribution >= 4 is 11.8 Å². The monoisotopic (exact) mass is 252 g/mol. The van der Waals surface area contributed by atoms with E-state index in [1.165, 1.54) is 12.1 Å². The number of Topliss-reactive ketones (excluding diaryl/α,β-unsaturated/α-hetero) is 1. The van der Waals surface area contributed by atoms with Crippen molar-refractivity contribution in [2.24, 2.45) is 0 Å². The molecule has 1 aromatic carbocycles. The Morgan fingerprint density at radius 1 is 1.22 bits per heavy atom. The highest BCUT2D eigenvalue weighted by molar-refractivity contribution is 5.84. The predicted octanol–water partition coefficient (Wildman–Crippen LogP) is 2.59. The molecule has 0 radical (unpaired) electrons. The van der Waals surface area contributed by atoms with E-state index in [9.17, 15) is 14.0 Å². The van der Waals surface area contributed by atoms with Gasteiger partial charge in [0.25, 0.3) is 0 Å². The van der Waals surface area contributed by atoms with Gasteiger partial charge < -0.3 is 4.74 Å². The van der Waals surface area contributed by atoms with Crippen LogP contribution >= 0.6 is 0 Å². The van der Waals surface area contributed by atoms with Crippen molar-refractivity contribution in [2.45, 2.75) is 33.1 Å². The highest BCUT2D eigenvalue weighted by atomic mass is 19.1. The number of aryl methyl sites for hydroxylation is 1. The third-order valence-electron chi connectivity index (χ3n) is 2.42. The van der Waals surface area contributed by atoms with E-state index in [4.69, 9.17) is 4.74 Å². The maximum atomic E-state index is 13.1. The number of benzene rings is 1. The molecule has 18 heavy (non-hydrogen) atoms. The first kappa shape index (κ1) is 14.4. The zero-order valence-corrected chi connectivity index (χ0v) is 10.7. The molecule has 1 rings (SSSR count). The van der Waals surface area contributed by atoms with E-state index in [0.29, 0.717) is 12.2 Å². The van der Waals surface area contributed by atoms with Gasteiger partial charge in [-0.05, 0) is 37.1 Å². The lowest BCUT2D eigenvalue weighted by Gasteiger charge is -2.03. The Morgan fingerprint density at radius 2 is 1.94 bits per heavy atom. The van der Waals surface area contributed by atoms with Gasteiger partial charge in [0, 0.05) is 12.8 Å². The molecule has 0 N–H and O–H groups in total. The first-order valence-corrected chi connectivity index (χ1v) is 5.94. The Balaban J connectivity index is 2.47. The number of hydrogen-bond donors (Lipinski definition) is 0. The number of carbonyl (C=O) groups excluding carboxylic acids is 2. The van der Waals surface area contributed by atoms with Gasteiger partial charge >= 0.3 is 5.97 Å². The fourth-order valence-electron chi connectivity index (χ4n) is 1.70. The Hall–Kier alpha value is -1.71. The molecule has 0 unspecified atom stereocenters. The summed E-state index contributed by atoms with van der Waals surface area (Å²) in [6.45, 7) is 3.81. The summed E-state index contributed by atoms with van der Waals surface area (Å²) in [7, 11) is 0. The minimum absolute atomic E-state index is 0.0843. The lowest BCUT2D eigenvalue weighted by Crippen LogP contribution is -2.09. The number of ether oxygens (including phenoxy) is 1. The van der Waals surface area contributed by atoms with Gasteiger partial charge in [-0.25, -0.2) is 4.39 Å². The molecule has 0 bridgehead atoms. The van der Waals surface area contributed by atoms with Gasteiger partial charge in [0.1, 0.15) is 11.6 Å². The molecular weight excluding hydrogens is 235 g/mol. The molecule has 0 saturated heterocycles. The molecule has 0 saturated carbocycles. The predicted molar refractivity (Wildman–Crippen MR) is 65.7 cm³/mol. The van der Waals surface area contributed by atoms with E-state index in [0.717, 1.165) is 5.56 Å². The zero-order valence-electron chi connectivity index (χ0n) is 10.7. The van der Waals surface area contributed by atoms with Crippen LogP contribution in [0.1, 0.15) is 30.9 Å². The Bertz CT molecular complexity index is 420. The summed E-state index contributed by atoms with van der Waals surface area (Å²) >= 11 is 0. The van der Waals surface area contributed by atoms with E-state index in [1.54, 1.807) is 19.9 Å². The van der Waals surface area contributed by atoms with Crippen LogP contribution in [0.3, 0.4) is 0 Å². The van der Waals surface area contributed by atoms with Gasteiger partial charge in [-0.2, -0.15) is 0 Å². The van der Waals surface area contributed by atoms with Crippen molar-refractivity contribution in [1.82, 2.24) is 0 Å². The zero-order chi connectivity index (χ0) is 13.5. The highest BCUT2D eigenvalue weighted by Crippen LogP contribution is 2.10. The van der Waals surface area contributed by atoms with Crippen LogP contribution in [0.15, 0.2) is 18.2 Å². The molecule has 1 aromatic rings. The van der Waals surface area contributed by atoms with Crippen molar-refractivity contribution in [3.05, 3.63) is 35.1 Å². The van der Waals surface area contributed by atoms with Crippen LogP contribution in [0, 0.1) is 12.7 Å². The average Bonchev–Trinajstić information content (AvgIpc) is 2.25. The van der Waals surface area contributed by atoms with Gasteiger partial charge in [-0.1, -0.05) is 6.07 Å². The second-order valence-electron chi connectivity index (χ2n) is 4.16. The highest BCUT2D eigenvalue weighted by Gasteiger charge is 2.09. The van der Waals surface area contributed by atoms with E-state index < -0.39 is 0 Å². The van der Waals surface area contributed by atoms with Crippen LogP contribution in [0.5, 0.6) is 0 Å².